The van der Waals surface area contributed by atoms with E-state index in [0.717, 1.165) is 5.57 Å². The number of nitrogens with zero attached hydrogens (tertiary/aromatic N) is 1. The zero-order valence-electron chi connectivity index (χ0n) is 17.0. The Morgan fingerprint density at radius 1 is 1.54 bits per heavy atom. The molecule has 0 spiro atoms. The first kappa shape index (κ1) is 22.7. The number of β-lactam (4-membered cyclic amide) rings is 1. The molecule has 8 nitrogen and oxygen atoms in total. The Morgan fingerprint density at radius 2 is 2.25 bits per heavy atom. The second-order valence-corrected chi connectivity index (χ2v) is 8.62. The highest BCUT2D eigenvalue weighted by Gasteiger charge is 2.52. The number of terminal acetylenes is 1. The summed E-state index contributed by atoms with van der Waals surface area (Å²) in [5, 5.41) is 9.08. The maximum absolute atomic E-state index is 12.9. The molecule has 0 aromatic rings. The molecule has 28 heavy (non-hydrogen) atoms. The number of rotatable bonds is 10. The van der Waals surface area contributed by atoms with Gasteiger partial charge in [-0.2, -0.15) is 0 Å². The number of carbonyl (C=O) groups excluding carboxylic acids is 2. The van der Waals surface area contributed by atoms with Gasteiger partial charge in [0.2, 0.25) is 5.91 Å². The summed E-state index contributed by atoms with van der Waals surface area (Å²) < 4.78 is 5.75. The molecule has 2 rings (SSSR count). The van der Waals surface area contributed by atoms with Gasteiger partial charge in [-0.25, -0.2) is 0 Å². The molecule has 3 atom stereocenters. The molecule has 2 heterocycles. The SMILES string of the molecule is C#CCCOC(C)(C)CNC(CN)NC(=O)C1=C(C)CSC2C(NC)C(=O)N12. The fraction of sp³-hybridized carbons (Fsp3) is 0.684. The summed E-state index contributed by atoms with van der Waals surface area (Å²) in [6.07, 6.45) is 5.35. The molecule has 0 aromatic carbocycles. The molecule has 0 saturated carbocycles. The van der Waals surface area contributed by atoms with Crippen LogP contribution in [0.5, 0.6) is 0 Å². The maximum atomic E-state index is 12.9. The van der Waals surface area contributed by atoms with E-state index in [1.54, 1.807) is 23.7 Å². The third-order valence-electron chi connectivity index (χ3n) is 4.74. The number of hydrogen-bond acceptors (Lipinski definition) is 7. The van der Waals surface area contributed by atoms with Gasteiger partial charge in [-0.1, -0.05) is 0 Å². The average molecular weight is 410 g/mol. The third-order valence-corrected chi connectivity index (χ3v) is 6.16. The molecule has 2 aliphatic heterocycles. The quantitative estimate of drug-likeness (QED) is 0.168. The van der Waals surface area contributed by atoms with E-state index < -0.39 is 11.8 Å². The molecule has 2 amide bonds. The lowest BCUT2D eigenvalue weighted by Crippen LogP contribution is -2.70. The Bertz CT molecular complexity index is 673. The van der Waals surface area contributed by atoms with Crippen molar-refractivity contribution in [3.05, 3.63) is 11.3 Å². The van der Waals surface area contributed by atoms with E-state index in [0.29, 0.717) is 31.0 Å². The van der Waals surface area contributed by atoms with E-state index in [2.05, 4.69) is 21.9 Å². The van der Waals surface area contributed by atoms with Crippen molar-refractivity contribution >= 4 is 23.6 Å². The van der Waals surface area contributed by atoms with E-state index in [1.807, 2.05) is 20.8 Å². The van der Waals surface area contributed by atoms with Gasteiger partial charge in [-0.3, -0.25) is 19.8 Å². The van der Waals surface area contributed by atoms with Crippen molar-refractivity contribution in [3.63, 3.8) is 0 Å². The van der Waals surface area contributed by atoms with Crippen LogP contribution in [0.2, 0.25) is 0 Å². The molecule has 2 aliphatic rings. The van der Waals surface area contributed by atoms with E-state index >= 15 is 0 Å². The molecule has 1 saturated heterocycles. The molecule has 156 valence electrons. The summed E-state index contributed by atoms with van der Waals surface area (Å²) in [7, 11) is 1.76. The zero-order valence-corrected chi connectivity index (χ0v) is 17.8. The Morgan fingerprint density at radius 3 is 2.86 bits per heavy atom. The zero-order chi connectivity index (χ0) is 20.9. The second kappa shape index (κ2) is 9.76. The average Bonchev–Trinajstić information content (AvgIpc) is 2.65. The van der Waals surface area contributed by atoms with Crippen LogP contribution in [0.15, 0.2) is 11.3 Å². The number of hydrogen-bond donors (Lipinski definition) is 4. The van der Waals surface area contributed by atoms with Gasteiger partial charge in [-0.05, 0) is 33.4 Å². The Kier molecular flexibility index (Phi) is 7.92. The minimum absolute atomic E-state index is 0.0466. The highest BCUT2D eigenvalue weighted by atomic mass is 32.2. The van der Waals surface area contributed by atoms with Crippen molar-refractivity contribution < 1.29 is 14.3 Å². The summed E-state index contributed by atoms with van der Waals surface area (Å²) in [4.78, 5) is 26.9. The molecule has 5 N–H and O–H groups in total. The largest absolute Gasteiger partial charge is 0.373 e. The van der Waals surface area contributed by atoms with Crippen LogP contribution in [0.25, 0.3) is 0 Å². The lowest BCUT2D eigenvalue weighted by molar-refractivity contribution is -0.145. The summed E-state index contributed by atoms with van der Waals surface area (Å²) in [6.45, 7) is 6.94. The normalized spacial score (nSPS) is 23.0. The van der Waals surface area contributed by atoms with E-state index in [4.69, 9.17) is 16.9 Å². The predicted molar refractivity (Wildman–Crippen MR) is 111 cm³/mol. The second-order valence-electron chi connectivity index (χ2n) is 7.51. The number of likely N-dealkylation sites (N-methyl/N-ethyl adjacent to an activating group) is 1. The van der Waals surface area contributed by atoms with Crippen molar-refractivity contribution in [1.82, 2.24) is 20.9 Å². The summed E-state index contributed by atoms with van der Waals surface area (Å²) in [6, 6.07) is -0.245. The number of fused-ring (bicyclic) bond motifs is 1. The molecule has 1 fully saturated rings. The molecular weight excluding hydrogens is 378 g/mol. The number of carbonyl (C=O) groups is 2. The van der Waals surface area contributed by atoms with Crippen LogP contribution < -0.4 is 21.7 Å². The van der Waals surface area contributed by atoms with Crippen molar-refractivity contribution in [2.75, 3.05) is 32.5 Å². The monoisotopic (exact) mass is 409 g/mol. The van der Waals surface area contributed by atoms with Crippen LogP contribution in [0.4, 0.5) is 0 Å². The van der Waals surface area contributed by atoms with Gasteiger partial charge >= 0.3 is 0 Å². The van der Waals surface area contributed by atoms with Crippen molar-refractivity contribution in [3.8, 4) is 12.3 Å². The van der Waals surface area contributed by atoms with Crippen LogP contribution in [0, 0.1) is 12.3 Å². The van der Waals surface area contributed by atoms with E-state index in [-0.39, 0.29) is 29.8 Å². The number of nitrogens with one attached hydrogen (secondary N) is 3. The number of amides is 2. The smallest absolute Gasteiger partial charge is 0.269 e. The van der Waals surface area contributed by atoms with Crippen LogP contribution in [0.1, 0.15) is 27.2 Å². The third kappa shape index (κ3) is 5.07. The first-order valence-corrected chi connectivity index (χ1v) is 10.4. The number of nitrogens with two attached hydrogens (primary N) is 1. The minimum atomic E-state index is -0.454. The Balaban J connectivity index is 1.96. The summed E-state index contributed by atoms with van der Waals surface area (Å²) >= 11 is 1.66. The maximum Gasteiger partial charge on any atom is 0.269 e. The van der Waals surface area contributed by atoms with Gasteiger partial charge < -0.3 is 21.1 Å². The lowest BCUT2D eigenvalue weighted by atomic mass is 10.0. The van der Waals surface area contributed by atoms with Gasteiger partial charge in [0, 0.05) is 25.3 Å². The fourth-order valence-corrected chi connectivity index (χ4v) is 4.51. The van der Waals surface area contributed by atoms with Crippen molar-refractivity contribution in [2.45, 2.75) is 50.4 Å². The molecule has 3 unspecified atom stereocenters. The molecule has 0 radical (unpaired) electrons. The van der Waals surface area contributed by atoms with E-state index in [1.165, 1.54) is 0 Å². The predicted octanol–water partition coefficient (Wildman–Crippen LogP) is -0.427. The highest BCUT2D eigenvalue weighted by Crippen LogP contribution is 2.39. The van der Waals surface area contributed by atoms with Gasteiger partial charge in [-0.15, -0.1) is 24.1 Å². The Labute approximate surface area is 171 Å². The summed E-state index contributed by atoms with van der Waals surface area (Å²) in [5.74, 6) is 2.88. The molecule has 0 aliphatic carbocycles. The van der Waals surface area contributed by atoms with E-state index in [9.17, 15) is 9.59 Å². The van der Waals surface area contributed by atoms with Gasteiger partial charge in [0.15, 0.2) is 0 Å². The fourth-order valence-electron chi connectivity index (χ4n) is 3.15. The van der Waals surface area contributed by atoms with Crippen LogP contribution >= 0.6 is 11.8 Å². The van der Waals surface area contributed by atoms with Gasteiger partial charge in [0.25, 0.3) is 5.91 Å². The first-order valence-electron chi connectivity index (χ1n) is 9.39. The van der Waals surface area contributed by atoms with Gasteiger partial charge in [0.05, 0.1) is 18.4 Å². The number of thioether (sulfide) groups is 1. The first-order chi connectivity index (χ1) is 13.3. The van der Waals surface area contributed by atoms with Gasteiger partial charge in [0.1, 0.15) is 17.1 Å². The number of ether oxygens (including phenoxy) is 1. The topological polar surface area (TPSA) is 109 Å². The van der Waals surface area contributed by atoms with Crippen LogP contribution in [0.3, 0.4) is 0 Å². The Hall–Kier alpha value is -1.57. The lowest BCUT2D eigenvalue weighted by Gasteiger charge is -2.49. The molecule has 0 aromatic heterocycles. The van der Waals surface area contributed by atoms with Crippen LogP contribution in [-0.2, 0) is 14.3 Å². The van der Waals surface area contributed by atoms with Crippen LogP contribution in [-0.4, -0.2) is 72.4 Å². The molecule has 9 heteroatoms. The molecular formula is C19H31N5O3S. The molecule has 0 bridgehead atoms. The highest BCUT2D eigenvalue weighted by molar-refractivity contribution is 8.00. The minimum Gasteiger partial charge on any atom is -0.373 e. The summed E-state index contributed by atoms with van der Waals surface area (Å²) in [5.41, 5.74) is 6.69. The van der Waals surface area contributed by atoms with Crippen molar-refractivity contribution in [2.24, 2.45) is 5.73 Å². The standard InChI is InChI=1S/C19H31N5O3S/c1-6-7-8-27-19(3,4)11-22-13(9-20)23-16(25)15-12(2)10-28-18-14(21-5)17(26)24(15)18/h1,13-14,18,21-22H,7-11,20H2,2-5H3,(H,23,25). The van der Waals surface area contributed by atoms with Crippen molar-refractivity contribution in [1.29, 1.82) is 0 Å².